The molecule has 1 saturated heterocycles. The Hall–Kier alpha value is -2.18. The summed E-state index contributed by atoms with van der Waals surface area (Å²) in [6, 6.07) is 10.2. The van der Waals surface area contributed by atoms with Crippen LogP contribution in [0.25, 0.3) is 10.9 Å². The van der Waals surface area contributed by atoms with E-state index in [-0.39, 0.29) is 12.0 Å². The molecule has 0 radical (unpaired) electrons. The van der Waals surface area contributed by atoms with Crippen molar-refractivity contribution < 1.29 is 14.3 Å². The van der Waals surface area contributed by atoms with E-state index in [1.807, 2.05) is 30.3 Å². The van der Waals surface area contributed by atoms with Crippen LogP contribution in [-0.2, 0) is 9.53 Å². The first-order valence-electron chi connectivity index (χ1n) is 9.22. The van der Waals surface area contributed by atoms with Crippen molar-refractivity contribution in [3.8, 4) is 5.75 Å². The van der Waals surface area contributed by atoms with Gasteiger partial charge in [-0.3, -0.25) is 14.7 Å². The van der Waals surface area contributed by atoms with Crippen molar-refractivity contribution in [3.63, 3.8) is 0 Å². The maximum absolute atomic E-state index is 12.1. The zero-order valence-corrected chi connectivity index (χ0v) is 15.5. The predicted molar refractivity (Wildman–Crippen MR) is 101 cm³/mol. The summed E-state index contributed by atoms with van der Waals surface area (Å²) in [5, 5.41) is 3.95. The van der Waals surface area contributed by atoms with Crippen molar-refractivity contribution in [2.45, 2.75) is 32.4 Å². The number of nitrogens with one attached hydrogen (secondary N) is 1. The zero-order chi connectivity index (χ0) is 18.4. The molecule has 1 unspecified atom stereocenters. The van der Waals surface area contributed by atoms with E-state index in [9.17, 15) is 4.79 Å². The molecule has 1 aromatic heterocycles. The van der Waals surface area contributed by atoms with Gasteiger partial charge in [0.1, 0.15) is 17.9 Å². The van der Waals surface area contributed by atoms with Crippen molar-refractivity contribution in [2.24, 2.45) is 0 Å². The van der Waals surface area contributed by atoms with Crippen LogP contribution in [-0.4, -0.2) is 60.8 Å². The first-order valence-corrected chi connectivity index (χ1v) is 9.22. The third-order valence-electron chi connectivity index (χ3n) is 4.59. The number of nitrogens with zero attached hydrogens (tertiary/aromatic N) is 2. The number of hydrogen-bond acceptors (Lipinski definition) is 5. The number of carbonyl (C=O) groups excluding carboxylic acids is 1. The first-order chi connectivity index (χ1) is 12.6. The smallest absolute Gasteiger partial charge is 0.222 e. The summed E-state index contributed by atoms with van der Waals surface area (Å²) in [5.74, 6) is 0.737. The van der Waals surface area contributed by atoms with Crippen LogP contribution in [0.3, 0.4) is 0 Å². The second-order valence-electron chi connectivity index (χ2n) is 6.82. The Morgan fingerprint density at radius 2 is 2.23 bits per heavy atom. The van der Waals surface area contributed by atoms with Crippen LogP contribution in [0.4, 0.5) is 0 Å². The lowest BCUT2D eigenvalue weighted by atomic mass is 10.1. The molecular formula is C20H27N3O3. The standard InChI is InChI=1S/C20H27N3O3/c1-15(2)23-10-12-25-17(14-23)13-19(24)21-9-11-26-18-7-3-5-16-6-4-8-22-20(16)18/h3-8,15,17H,9-14H2,1-2H3,(H,21,24). The van der Waals surface area contributed by atoms with Crippen LogP contribution in [0.1, 0.15) is 20.3 Å². The molecule has 1 aliphatic rings. The lowest BCUT2D eigenvalue weighted by Crippen LogP contribution is -2.47. The maximum Gasteiger partial charge on any atom is 0.222 e. The summed E-state index contributed by atoms with van der Waals surface area (Å²) < 4.78 is 11.5. The number of para-hydroxylation sites is 1. The monoisotopic (exact) mass is 357 g/mol. The zero-order valence-electron chi connectivity index (χ0n) is 15.5. The van der Waals surface area contributed by atoms with Gasteiger partial charge in [0, 0.05) is 30.7 Å². The summed E-state index contributed by atoms with van der Waals surface area (Å²) >= 11 is 0. The van der Waals surface area contributed by atoms with Crippen LogP contribution in [0.2, 0.25) is 0 Å². The van der Waals surface area contributed by atoms with Gasteiger partial charge in [0.25, 0.3) is 0 Å². The van der Waals surface area contributed by atoms with E-state index in [1.54, 1.807) is 6.20 Å². The molecule has 0 aliphatic carbocycles. The van der Waals surface area contributed by atoms with Gasteiger partial charge in [-0.25, -0.2) is 0 Å². The van der Waals surface area contributed by atoms with E-state index < -0.39 is 0 Å². The number of amides is 1. The molecule has 3 rings (SSSR count). The highest BCUT2D eigenvalue weighted by molar-refractivity contribution is 5.84. The molecule has 2 heterocycles. The molecule has 1 aliphatic heterocycles. The lowest BCUT2D eigenvalue weighted by Gasteiger charge is -2.35. The topological polar surface area (TPSA) is 63.7 Å². The van der Waals surface area contributed by atoms with Gasteiger partial charge in [0.15, 0.2) is 0 Å². The lowest BCUT2D eigenvalue weighted by molar-refractivity contribution is -0.126. The molecule has 2 aromatic rings. The second-order valence-corrected chi connectivity index (χ2v) is 6.82. The summed E-state index contributed by atoms with van der Waals surface area (Å²) in [5.41, 5.74) is 0.839. The Kier molecular flexibility index (Phi) is 6.41. The molecule has 140 valence electrons. The van der Waals surface area contributed by atoms with Crippen molar-refractivity contribution in [3.05, 3.63) is 36.5 Å². The van der Waals surface area contributed by atoms with Gasteiger partial charge in [0.2, 0.25) is 5.91 Å². The summed E-state index contributed by atoms with van der Waals surface area (Å²) in [7, 11) is 0. The van der Waals surface area contributed by atoms with E-state index in [0.717, 1.165) is 29.7 Å². The molecule has 1 N–H and O–H groups in total. The first kappa shape index (κ1) is 18.6. The minimum atomic E-state index is -0.0330. The maximum atomic E-state index is 12.1. The molecule has 1 fully saturated rings. The number of hydrogen-bond donors (Lipinski definition) is 1. The highest BCUT2D eigenvalue weighted by atomic mass is 16.5. The van der Waals surface area contributed by atoms with Crippen LogP contribution in [0.15, 0.2) is 36.5 Å². The number of ether oxygens (including phenoxy) is 2. The highest BCUT2D eigenvalue weighted by Gasteiger charge is 2.24. The Balaban J connectivity index is 1.41. The van der Waals surface area contributed by atoms with Gasteiger partial charge < -0.3 is 14.8 Å². The summed E-state index contributed by atoms with van der Waals surface area (Å²) in [6.07, 6.45) is 2.11. The summed E-state index contributed by atoms with van der Waals surface area (Å²) in [6.45, 7) is 7.64. The highest BCUT2D eigenvalue weighted by Crippen LogP contribution is 2.22. The Bertz CT molecular complexity index is 730. The second kappa shape index (κ2) is 8.96. The fourth-order valence-corrected chi connectivity index (χ4v) is 3.16. The van der Waals surface area contributed by atoms with E-state index >= 15 is 0 Å². The number of carbonyl (C=O) groups is 1. The summed E-state index contributed by atoms with van der Waals surface area (Å²) in [4.78, 5) is 18.8. The molecule has 6 heteroatoms. The van der Waals surface area contributed by atoms with Gasteiger partial charge in [-0.15, -0.1) is 0 Å². The molecule has 6 nitrogen and oxygen atoms in total. The van der Waals surface area contributed by atoms with Gasteiger partial charge >= 0.3 is 0 Å². The van der Waals surface area contributed by atoms with Crippen LogP contribution in [0, 0.1) is 0 Å². The number of fused-ring (bicyclic) bond motifs is 1. The number of benzene rings is 1. The molecule has 1 atom stereocenters. The fraction of sp³-hybridized carbons (Fsp3) is 0.500. The Morgan fingerprint density at radius 1 is 1.38 bits per heavy atom. The van der Waals surface area contributed by atoms with Gasteiger partial charge in [-0.05, 0) is 26.0 Å². The quantitative estimate of drug-likeness (QED) is 0.770. The Labute approximate surface area is 154 Å². The molecule has 1 amide bonds. The SMILES string of the molecule is CC(C)N1CCOC(CC(=O)NCCOc2cccc3cccnc23)C1. The minimum Gasteiger partial charge on any atom is -0.489 e. The Morgan fingerprint density at radius 3 is 3.08 bits per heavy atom. The van der Waals surface area contributed by atoms with Crippen LogP contribution < -0.4 is 10.1 Å². The fourth-order valence-electron chi connectivity index (χ4n) is 3.16. The predicted octanol–water partition coefficient (Wildman–Crippen LogP) is 2.23. The van der Waals surface area contributed by atoms with Crippen molar-refractivity contribution in [1.82, 2.24) is 15.2 Å². The van der Waals surface area contributed by atoms with Crippen LogP contribution in [0.5, 0.6) is 5.75 Å². The average Bonchev–Trinajstić information content (AvgIpc) is 2.65. The molecule has 0 saturated carbocycles. The van der Waals surface area contributed by atoms with Crippen molar-refractivity contribution >= 4 is 16.8 Å². The molecule has 0 spiro atoms. The van der Waals surface area contributed by atoms with Crippen molar-refractivity contribution in [1.29, 1.82) is 0 Å². The molecular weight excluding hydrogens is 330 g/mol. The average molecular weight is 357 g/mol. The van der Waals surface area contributed by atoms with Gasteiger partial charge in [-0.1, -0.05) is 18.2 Å². The third-order valence-corrected chi connectivity index (χ3v) is 4.59. The number of morpholine rings is 1. The van der Waals surface area contributed by atoms with E-state index in [4.69, 9.17) is 9.47 Å². The largest absolute Gasteiger partial charge is 0.489 e. The van der Waals surface area contributed by atoms with Gasteiger partial charge in [-0.2, -0.15) is 0 Å². The number of pyridine rings is 1. The number of aromatic nitrogens is 1. The van der Waals surface area contributed by atoms with E-state index in [2.05, 4.69) is 29.0 Å². The van der Waals surface area contributed by atoms with Crippen LogP contribution >= 0.6 is 0 Å². The normalized spacial score (nSPS) is 18.2. The molecule has 0 bridgehead atoms. The molecule has 1 aromatic carbocycles. The molecule has 26 heavy (non-hydrogen) atoms. The van der Waals surface area contributed by atoms with Crippen molar-refractivity contribution in [2.75, 3.05) is 32.8 Å². The third kappa shape index (κ3) is 4.93. The minimum absolute atomic E-state index is 0.000232. The van der Waals surface area contributed by atoms with E-state index in [0.29, 0.717) is 32.2 Å². The van der Waals surface area contributed by atoms with Gasteiger partial charge in [0.05, 0.1) is 25.7 Å². The van der Waals surface area contributed by atoms with E-state index in [1.165, 1.54) is 0 Å². The number of rotatable bonds is 7.